The van der Waals surface area contributed by atoms with Gasteiger partial charge in [0.15, 0.2) is 0 Å². The second-order valence-electron chi connectivity index (χ2n) is 4.20. The molecule has 1 heterocycles. The maximum Gasteiger partial charge on any atom is 0.337 e. The van der Waals surface area contributed by atoms with Crippen molar-refractivity contribution in [2.45, 2.75) is 13.8 Å². The highest BCUT2D eigenvalue weighted by Gasteiger charge is 2.17. The fourth-order valence-electron chi connectivity index (χ4n) is 2.13. The van der Waals surface area contributed by atoms with Crippen molar-refractivity contribution in [1.29, 1.82) is 5.26 Å². The minimum atomic E-state index is -0.965. The lowest BCUT2D eigenvalue weighted by molar-refractivity contribution is 0.0696. The zero-order chi connectivity index (χ0) is 14.2. The molecule has 0 radical (unpaired) electrons. The number of nitrogens with zero attached hydrogens (tertiary/aromatic N) is 2. The average molecular weight is 319 g/mol. The molecule has 2 rings (SSSR count). The highest BCUT2D eigenvalue weighted by atomic mass is 79.9. The fourth-order valence-corrected chi connectivity index (χ4v) is 2.48. The first kappa shape index (κ1) is 13.4. The molecule has 96 valence electrons. The number of halogens is 1. The summed E-state index contributed by atoms with van der Waals surface area (Å²) in [5.74, 6) is -0.965. The van der Waals surface area contributed by atoms with Gasteiger partial charge in [0.1, 0.15) is 6.07 Å². The van der Waals surface area contributed by atoms with Crippen LogP contribution in [0.5, 0.6) is 0 Å². The van der Waals surface area contributed by atoms with Crippen LogP contribution in [0.4, 0.5) is 0 Å². The highest BCUT2D eigenvalue weighted by Crippen LogP contribution is 2.26. The van der Waals surface area contributed by atoms with Crippen LogP contribution >= 0.6 is 15.9 Å². The van der Waals surface area contributed by atoms with Gasteiger partial charge in [-0.15, -0.1) is 0 Å². The third-order valence-electron chi connectivity index (χ3n) is 2.98. The first-order valence-electron chi connectivity index (χ1n) is 5.58. The van der Waals surface area contributed by atoms with Gasteiger partial charge in [0, 0.05) is 15.9 Å². The minimum Gasteiger partial charge on any atom is -0.478 e. The van der Waals surface area contributed by atoms with Crippen LogP contribution in [0.3, 0.4) is 0 Å². The van der Waals surface area contributed by atoms with Crippen molar-refractivity contribution in [3.63, 3.8) is 0 Å². The minimum absolute atomic E-state index is 0.251. The zero-order valence-corrected chi connectivity index (χ0v) is 12.0. The maximum absolute atomic E-state index is 11.2. The van der Waals surface area contributed by atoms with E-state index in [0.717, 1.165) is 10.2 Å². The molecule has 5 heteroatoms. The molecule has 2 aromatic rings. The molecule has 0 atom stereocenters. The lowest BCUT2D eigenvalue weighted by Crippen LogP contribution is -2.04. The Labute approximate surface area is 119 Å². The molecule has 0 aliphatic heterocycles. The summed E-state index contributed by atoms with van der Waals surface area (Å²) in [4.78, 5) is 11.2. The van der Waals surface area contributed by atoms with Gasteiger partial charge in [-0.3, -0.25) is 0 Å². The van der Waals surface area contributed by atoms with E-state index in [2.05, 4.69) is 22.0 Å². The molecule has 0 unspecified atom stereocenters. The summed E-state index contributed by atoms with van der Waals surface area (Å²) in [6.07, 6.45) is 0. The summed E-state index contributed by atoms with van der Waals surface area (Å²) >= 11 is 3.37. The fraction of sp³-hybridized carbons (Fsp3) is 0.143. The lowest BCUT2D eigenvalue weighted by atomic mass is 10.2. The number of aryl methyl sites for hydroxylation is 1. The van der Waals surface area contributed by atoms with Crippen LogP contribution in [0.25, 0.3) is 5.69 Å². The molecular weight excluding hydrogens is 308 g/mol. The van der Waals surface area contributed by atoms with Crippen molar-refractivity contribution in [1.82, 2.24) is 4.57 Å². The Morgan fingerprint density at radius 1 is 1.37 bits per heavy atom. The van der Waals surface area contributed by atoms with Crippen molar-refractivity contribution in [3.8, 4) is 11.8 Å². The number of hydrogen-bond donors (Lipinski definition) is 1. The van der Waals surface area contributed by atoms with Crippen LogP contribution in [-0.2, 0) is 0 Å². The van der Waals surface area contributed by atoms with E-state index in [1.807, 2.05) is 13.0 Å². The van der Waals surface area contributed by atoms with Gasteiger partial charge in [0.25, 0.3) is 0 Å². The quantitative estimate of drug-likeness (QED) is 0.922. The van der Waals surface area contributed by atoms with Gasteiger partial charge in [-0.1, -0.05) is 15.9 Å². The third kappa shape index (κ3) is 2.27. The van der Waals surface area contributed by atoms with Crippen LogP contribution in [0.15, 0.2) is 28.7 Å². The molecule has 0 saturated heterocycles. The smallest absolute Gasteiger partial charge is 0.337 e. The number of aromatic nitrogens is 1. The van der Waals surface area contributed by atoms with E-state index in [1.54, 1.807) is 29.7 Å². The van der Waals surface area contributed by atoms with Crippen LogP contribution in [0.1, 0.15) is 27.3 Å². The molecule has 0 bridgehead atoms. The Kier molecular flexibility index (Phi) is 3.45. The number of hydrogen-bond acceptors (Lipinski definition) is 2. The molecule has 1 aromatic carbocycles. The number of carboxylic acids is 1. The molecule has 1 aromatic heterocycles. The zero-order valence-electron chi connectivity index (χ0n) is 10.4. The molecule has 4 nitrogen and oxygen atoms in total. The van der Waals surface area contributed by atoms with Gasteiger partial charge in [0.2, 0.25) is 0 Å². The predicted molar refractivity (Wildman–Crippen MR) is 74.6 cm³/mol. The largest absolute Gasteiger partial charge is 0.478 e. The first-order valence-corrected chi connectivity index (χ1v) is 6.37. The van der Waals surface area contributed by atoms with Crippen molar-refractivity contribution in [3.05, 3.63) is 51.3 Å². The van der Waals surface area contributed by atoms with Crippen molar-refractivity contribution in [2.24, 2.45) is 0 Å². The molecule has 0 fully saturated rings. The number of carboxylic acid groups (broad SMARTS) is 1. The monoisotopic (exact) mass is 318 g/mol. The second kappa shape index (κ2) is 4.90. The average Bonchev–Trinajstić information content (AvgIpc) is 2.65. The Bertz CT molecular complexity index is 711. The summed E-state index contributed by atoms with van der Waals surface area (Å²) in [6, 6.07) is 9.04. The summed E-state index contributed by atoms with van der Waals surface area (Å²) in [5, 5.41) is 18.3. The van der Waals surface area contributed by atoms with Crippen LogP contribution in [-0.4, -0.2) is 15.6 Å². The Balaban J connectivity index is 2.76. The van der Waals surface area contributed by atoms with E-state index >= 15 is 0 Å². The molecule has 1 N–H and O–H groups in total. The third-order valence-corrected chi connectivity index (χ3v) is 3.48. The van der Waals surface area contributed by atoms with Gasteiger partial charge < -0.3 is 9.67 Å². The number of aromatic carboxylic acids is 1. The van der Waals surface area contributed by atoms with Gasteiger partial charge in [0.05, 0.1) is 16.8 Å². The van der Waals surface area contributed by atoms with Crippen molar-refractivity contribution in [2.75, 3.05) is 0 Å². The summed E-state index contributed by atoms with van der Waals surface area (Å²) in [7, 11) is 0. The summed E-state index contributed by atoms with van der Waals surface area (Å²) < 4.78 is 2.62. The van der Waals surface area contributed by atoms with Crippen LogP contribution in [0, 0.1) is 25.2 Å². The van der Waals surface area contributed by atoms with E-state index in [0.29, 0.717) is 16.9 Å². The Morgan fingerprint density at radius 3 is 2.58 bits per heavy atom. The number of benzene rings is 1. The first-order chi connectivity index (χ1) is 8.95. The SMILES string of the molecule is Cc1cc(C(=O)O)c(C)n1-c1cc(Br)ccc1C#N. The normalized spacial score (nSPS) is 10.2. The molecular formula is C14H11BrN2O2. The second-order valence-corrected chi connectivity index (χ2v) is 5.11. The van der Waals surface area contributed by atoms with Crippen molar-refractivity contribution >= 4 is 21.9 Å². The topological polar surface area (TPSA) is 66.0 Å². The molecule has 0 aliphatic carbocycles. The van der Waals surface area contributed by atoms with Crippen LogP contribution < -0.4 is 0 Å². The van der Waals surface area contributed by atoms with Gasteiger partial charge in [-0.2, -0.15) is 5.26 Å². The van der Waals surface area contributed by atoms with Gasteiger partial charge >= 0.3 is 5.97 Å². The van der Waals surface area contributed by atoms with E-state index in [9.17, 15) is 10.1 Å². The highest BCUT2D eigenvalue weighted by molar-refractivity contribution is 9.10. The maximum atomic E-state index is 11.2. The van der Waals surface area contributed by atoms with Gasteiger partial charge in [-0.05, 0) is 38.1 Å². The molecule has 19 heavy (non-hydrogen) atoms. The summed E-state index contributed by atoms with van der Waals surface area (Å²) in [5.41, 5.74) is 2.83. The summed E-state index contributed by atoms with van der Waals surface area (Å²) in [6.45, 7) is 3.56. The molecule has 0 saturated carbocycles. The molecule has 0 aliphatic rings. The number of rotatable bonds is 2. The molecule has 0 amide bonds. The van der Waals surface area contributed by atoms with Crippen LogP contribution in [0.2, 0.25) is 0 Å². The predicted octanol–water partition coefficient (Wildman–Crippen LogP) is 3.43. The lowest BCUT2D eigenvalue weighted by Gasteiger charge is -2.11. The standard InChI is InChI=1S/C14H11BrN2O2/c1-8-5-12(14(18)19)9(2)17(8)13-6-11(15)4-3-10(13)7-16/h3-6H,1-2H3,(H,18,19). The molecule has 0 spiro atoms. The van der Waals surface area contributed by atoms with Gasteiger partial charge in [-0.25, -0.2) is 4.79 Å². The van der Waals surface area contributed by atoms with Crippen molar-refractivity contribution < 1.29 is 9.90 Å². The number of nitriles is 1. The number of carbonyl (C=O) groups is 1. The Morgan fingerprint density at radius 2 is 2.05 bits per heavy atom. The van der Waals surface area contributed by atoms with E-state index in [-0.39, 0.29) is 5.56 Å². The van der Waals surface area contributed by atoms with E-state index < -0.39 is 5.97 Å². The van der Waals surface area contributed by atoms with E-state index in [4.69, 9.17) is 5.11 Å². The van der Waals surface area contributed by atoms with E-state index in [1.165, 1.54) is 0 Å². The Hall–Kier alpha value is -2.06.